The maximum Gasteiger partial charge on any atom is 0.174 e. The van der Waals surface area contributed by atoms with Gasteiger partial charge in [-0.25, -0.2) is 0 Å². The van der Waals surface area contributed by atoms with Crippen molar-refractivity contribution >= 4 is 6.29 Å². The Balaban J connectivity index is 1.34. The standard InChI is InChI=1S/C23H32O5/c1-20-6-4-19-17(18(20)5-7-23(20)27-12-13-28-23)3-2-16-14-22(25-10-11-26-22)9-8-21(16,19)15-24/h2,15,17-19H,3-14H2,1H3/t17-,18-,19-,20-,21+/m0/s1. The molecule has 0 radical (unpaired) electrons. The van der Waals surface area contributed by atoms with E-state index in [2.05, 4.69) is 13.0 Å². The highest BCUT2D eigenvalue weighted by Crippen LogP contribution is 2.68. The third-order valence-electron chi connectivity index (χ3n) is 9.53. The molecule has 4 aliphatic carbocycles. The fourth-order valence-electron chi connectivity index (χ4n) is 8.17. The first-order valence-electron chi connectivity index (χ1n) is 11.3. The van der Waals surface area contributed by atoms with Gasteiger partial charge in [0, 0.05) is 24.7 Å². The minimum Gasteiger partial charge on any atom is -0.347 e. The highest BCUT2D eigenvalue weighted by Gasteiger charge is 2.67. The second-order valence-electron chi connectivity index (χ2n) is 10.2. The maximum absolute atomic E-state index is 12.6. The largest absolute Gasteiger partial charge is 0.347 e. The number of hydrogen-bond donors (Lipinski definition) is 0. The van der Waals surface area contributed by atoms with Gasteiger partial charge in [0.2, 0.25) is 0 Å². The smallest absolute Gasteiger partial charge is 0.174 e. The molecule has 3 saturated carbocycles. The van der Waals surface area contributed by atoms with Gasteiger partial charge in [-0.05, 0) is 49.9 Å². The molecule has 0 aromatic carbocycles. The molecule has 5 atom stereocenters. The van der Waals surface area contributed by atoms with Gasteiger partial charge < -0.3 is 23.7 Å². The van der Waals surface area contributed by atoms with E-state index in [9.17, 15) is 4.79 Å². The SMILES string of the molecule is C[C@]12CC[C@H]3[C@@H](CC=C4CC5(CC[C@@]43C=O)OCCO5)[C@@H]1CCC21OCCO1. The van der Waals surface area contributed by atoms with Crippen molar-refractivity contribution in [2.24, 2.45) is 28.6 Å². The topological polar surface area (TPSA) is 54.0 Å². The molecular weight excluding hydrogens is 356 g/mol. The van der Waals surface area contributed by atoms with Crippen molar-refractivity contribution in [2.75, 3.05) is 26.4 Å². The van der Waals surface area contributed by atoms with Gasteiger partial charge in [-0.3, -0.25) is 0 Å². The average molecular weight is 389 g/mol. The first-order chi connectivity index (χ1) is 13.6. The highest BCUT2D eigenvalue weighted by atomic mass is 16.7. The molecule has 6 aliphatic rings. The number of allylic oxidation sites excluding steroid dienone is 1. The van der Waals surface area contributed by atoms with Crippen LogP contribution < -0.4 is 0 Å². The van der Waals surface area contributed by atoms with Crippen molar-refractivity contribution in [1.29, 1.82) is 0 Å². The van der Waals surface area contributed by atoms with Crippen LogP contribution >= 0.6 is 0 Å². The van der Waals surface area contributed by atoms with Crippen LogP contribution in [0.15, 0.2) is 11.6 Å². The van der Waals surface area contributed by atoms with E-state index in [0.29, 0.717) is 31.0 Å². The van der Waals surface area contributed by atoms with E-state index in [0.717, 1.165) is 64.6 Å². The predicted molar refractivity (Wildman–Crippen MR) is 101 cm³/mol. The highest BCUT2D eigenvalue weighted by molar-refractivity contribution is 5.67. The zero-order chi connectivity index (χ0) is 19.0. The van der Waals surface area contributed by atoms with Crippen LogP contribution in [-0.4, -0.2) is 44.3 Å². The normalized spacial score (nSPS) is 48.2. The number of ether oxygens (including phenoxy) is 4. The van der Waals surface area contributed by atoms with E-state index >= 15 is 0 Å². The fraction of sp³-hybridized carbons (Fsp3) is 0.870. The molecule has 5 nitrogen and oxygen atoms in total. The van der Waals surface area contributed by atoms with Crippen LogP contribution in [0.1, 0.15) is 58.3 Å². The zero-order valence-corrected chi connectivity index (χ0v) is 16.9. The number of carbonyl (C=O) groups excluding carboxylic acids is 1. The Morgan fingerprint density at radius 3 is 2.39 bits per heavy atom. The number of fused-ring (bicyclic) bond motifs is 6. The number of carbonyl (C=O) groups is 1. The minimum atomic E-state index is -0.461. The molecule has 0 aromatic rings. The first-order valence-corrected chi connectivity index (χ1v) is 11.3. The van der Waals surface area contributed by atoms with Gasteiger partial charge in [0.15, 0.2) is 11.6 Å². The van der Waals surface area contributed by atoms with E-state index in [-0.39, 0.29) is 16.6 Å². The lowest BCUT2D eigenvalue weighted by atomic mass is 9.47. The summed E-state index contributed by atoms with van der Waals surface area (Å²) in [5.41, 5.74) is 1.06. The van der Waals surface area contributed by atoms with Gasteiger partial charge in [0.05, 0.1) is 31.8 Å². The molecule has 2 heterocycles. The van der Waals surface area contributed by atoms with Crippen molar-refractivity contribution in [3.63, 3.8) is 0 Å². The predicted octanol–water partition coefficient (Wildman–Crippen LogP) is 3.61. The number of aldehydes is 1. The summed E-state index contributed by atoms with van der Waals surface area (Å²) in [7, 11) is 0. The quantitative estimate of drug-likeness (QED) is 0.507. The van der Waals surface area contributed by atoms with Crippen molar-refractivity contribution in [2.45, 2.75) is 69.9 Å². The van der Waals surface area contributed by atoms with E-state index in [1.807, 2.05) is 0 Å². The lowest BCUT2D eigenvalue weighted by molar-refractivity contribution is -0.243. The van der Waals surface area contributed by atoms with E-state index in [4.69, 9.17) is 18.9 Å². The molecule has 0 N–H and O–H groups in total. The molecule has 154 valence electrons. The third kappa shape index (κ3) is 2.09. The molecule has 0 amide bonds. The summed E-state index contributed by atoms with van der Waals surface area (Å²) in [5.74, 6) is 0.743. The molecule has 5 heteroatoms. The monoisotopic (exact) mass is 388 g/mol. The molecule has 6 rings (SSSR count). The van der Waals surface area contributed by atoms with Crippen LogP contribution in [0.25, 0.3) is 0 Å². The third-order valence-corrected chi connectivity index (χ3v) is 9.53. The summed E-state index contributed by atoms with van der Waals surface area (Å²) in [6, 6.07) is 0. The van der Waals surface area contributed by atoms with Gasteiger partial charge in [0.25, 0.3) is 0 Å². The molecule has 28 heavy (non-hydrogen) atoms. The summed E-state index contributed by atoms with van der Waals surface area (Å²) < 4.78 is 24.5. The van der Waals surface area contributed by atoms with Crippen LogP contribution in [0, 0.1) is 28.6 Å². The Bertz CT molecular complexity index is 704. The van der Waals surface area contributed by atoms with Crippen LogP contribution in [0.2, 0.25) is 0 Å². The second kappa shape index (κ2) is 5.90. The Hall–Kier alpha value is -0.750. The summed E-state index contributed by atoms with van der Waals surface area (Å²) in [6.07, 6.45) is 11.6. The van der Waals surface area contributed by atoms with E-state index < -0.39 is 5.79 Å². The minimum absolute atomic E-state index is 0.0770. The van der Waals surface area contributed by atoms with Crippen molar-refractivity contribution in [3.05, 3.63) is 11.6 Å². The number of hydrogen-bond acceptors (Lipinski definition) is 5. The molecule has 2 saturated heterocycles. The molecular formula is C23H32O5. The van der Waals surface area contributed by atoms with Crippen molar-refractivity contribution in [1.82, 2.24) is 0 Å². The average Bonchev–Trinajstić information content (AvgIpc) is 3.43. The summed E-state index contributed by atoms with van der Waals surface area (Å²) in [6.45, 7) is 5.20. The fourth-order valence-corrected chi connectivity index (χ4v) is 8.17. The van der Waals surface area contributed by atoms with Crippen LogP contribution in [0.4, 0.5) is 0 Å². The molecule has 2 spiro atoms. The van der Waals surface area contributed by atoms with Gasteiger partial charge >= 0.3 is 0 Å². The maximum atomic E-state index is 12.6. The summed E-state index contributed by atoms with van der Waals surface area (Å²) in [5, 5.41) is 0. The Morgan fingerprint density at radius 2 is 1.64 bits per heavy atom. The summed E-state index contributed by atoms with van der Waals surface area (Å²) >= 11 is 0. The lowest BCUT2D eigenvalue weighted by Gasteiger charge is -2.58. The second-order valence-corrected chi connectivity index (χ2v) is 10.2. The van der Waals surface area contributed by atoms with Gasteiger partial charge in [-0.1, -0.05) is 18.6 Å². The Morgan fingerprint density at radius 1 is 0.929 bits per heavy atom. The van der Waals surface area contributed by atoms with Gasteiger partial charge in [-0.15, -0.1) is 0 Å². The molecule has 5 fully saturated rings. The Kier molecular flexibility index (Phi) is 3.81. The first kappa shape index (κ1) is 18.1. The molecule has 0 aromatic heterocycles. The van der Waals surface area contributed by atoms with E-state index in [1.54, 1.807) is 0 Å². The molecule has 2 aliphatic heterocycles. The molecule has 0 unspecified atom stereocenters. The van der Waals surface area contributed by atoms with Crippen LogP contribution in [0.3, 0.4) is 0 Å². The van der Waals surface area contributed by atoms with Crippen LogP contribution in [0.5, 0.6) is 0 Å². The zero-order valence-electron chi connectivity index (χ0n) is 16.9. The Labute approximate surface area is 167 Å². The number of rotatable bonds is 1. The molecule has 0 bridgehead atoms. The van der Waals surface area contributed by atoms with Crippen molar-refractivity contribution in [3.8, 4) is 0 Å². The lowest BCUT2D eigenvalue weighted by Crippen LogP contribution is -2.57. The van der Waals surface area contributed by atoms with E-state index in [1.165, 1.54) is 11.9 Å². The van der Waals surface area contributed by atoms with Gasteiger partial charge in [-0.2, -0.15) is 0 Å². The van der Waals surface area contributed by atoms with Crippen molar-refractivity contribution < 1.29 is 23.7 Å². The van der Waals surface area contributed by atoms with Gasteiger partial charge in [0.1, 0.15) is 6.29 Å². The summed E-state index contributed by atoms with van der Waals surface area (Å²) in [4.78, 5) is 12.6. The van der Waals surface area contributed by atoms with Crippen LogP contribution in [-0.2, 0) is 23.7 Å².